The van der Waals surface area contributed by atoms with Crippen molar-refractivity contribution in [2.45, 2.75) is 25.7 Å². The van der Waals surface area contributed by atoms with Crippen molar-refractivity contribution in [3.8, 4) is 6.07 Å². The Hall–Kier alpha value is -1.82. The molecule has 0 saturated carbocycles. The normalized spacial score (nSPS) is 16.1. The fourth-order valence-corrected chi connectivity index (χ4v) is 2.18. The molecule has 1 amide bonds. The van der Waals surface area contributed by atoms with Gasteiger partial charge >= 0.3 is 0 Å². The third kappa shape index (κ3) is 2.85. The summed E-state index contributed by atoms with van der Waals surface area (Å²) in [6.45, 7) is 1.69. The largest absolute Gasteiger partial charge is 0.339 e. The molecule has 3 heteroatoms. The first-order chi connectivity index (χ1) is 8.31. The van der Waals surface area contributed by atoms with Gasteiger partial charge in [0.15, 0.2) is 0 Å². The summed E-state index contributed by atoms with van der Waals surface area (Å²) in [7, 11) is 0. The smallest absolute Gasteiger partial charge is 0.253 e. The van der Waals surface area contributed by atoms with Crippen LogP contribution in [0.5, 0.6) is 0 Å². The van der Waals surface area contributed by atoms with Crippen LogP contribution in [-0.2, 0) is 0 Å². The molecule has 0 atom stereocenters. The van der Waals surface area contributed by atoms with Crippen LogP contribution in [-0.4, -0.2) is 23.9 Å². The predicted octanol–water partition coefficient (Wildman–Crippen LogP) is 2.57. The molecule has 0 aromatic heterocycles. The van der Waals surface area contributed by atoms with Crippen molar-refractivity contribution < 1.29 is 4.79 Å². The summed E-state index contributed by atoms with van der Waals surface area (Å²) >= 11 is 0. The monoisotopic (exact) mass is 228 g/mol. The van der Waals surface area contributed by atoms with Crippen molar-refractivity contribution >= 4 is 5.91 Å². The van der Waals surface area contributed by atoms with Gasteiger partial charge in [0, 0.05) is 18.7 Å². The Bertz CT molecular complexity index is 440. The number of benzene rings is 1. The molecule has 1 saturated heterocycles. The van der Waals surface area contributed by atoms with Crippen LogP contribution >= 0.6 is 0 Å². The van der Waals surface area contributed by atoms with Crippen LogP contribution in [0.15, 0.2) is 24.3 Å². The summed E-state index contributed by atoms with van der Waals surface area (Å²) < 4.78 is 0. The van der Waals surface area contributed by atoms with Crippen molar-refractivity contribution in [1.82, 2.24) is 4.90 Å². The molecule has 1 aliphatic rings. The highest BCUT2D eigenvalue weighted by Crippen LogP contribution is 2.14. The van der Waals surface area contributed by atoms with Crippen molar-refractivity contribution in [2.75, 3.05) is 13.1 Å². The number of carbonyl (C=O) groups is 1. The standard InChI is InChI=1S/C14H16N2O/c15-11-12-6-5-7-13(10-12)14(17)16-8-3-1-2-4-9-16/h5-7,10H,1-4,8-9H2. The van der Waals surface area contributed by atoms with Crippen molar-refractivity contribution in [1.29, 1.82) is 5.26 Å². The lowest BCUT2D eigenvalue weighted by Crippen LogP contribution is -2.31. The van der Waals surface area contributed by atoms with Gasteiger partial charge in [-0.25, -0.2) is 0 Å². The second-order valence-electron chi connectivity index (χ2n) is 4.40. The van der Waals surface area contributed by atoms with Gasteiger partial charge in [-0.15, -0.1) is 0 Å². The summed E-state index contributed by atoms with van der Waals surface area (Å²) in [6, 6.07) is 9.02. The molecule has 1 heterocycles. The number of nitrogens with zero attached hydrogens (tertiary/aromatic N) is 2. The number of amides is 1. The average molecular weight is 228 g/mol. The van der Waals surface area contributed by atoms with Crippen LogP contribution < -0.4 is 0 Å². The highest BCUT2D eigenvalue weighted by molar-refractivity contribution is 5.94. The molecule has 17 heavy (non-hydrogen) atoms. The third-order valence-electron chi connectivity index (χ3n) is 3.13. The zero-order valence-electron chi connectivity index (χ0n) is 9.85. The molecule has 3 nitrogen and oxygen atoms in total. The van der Waals surface area contributed by atoms with Crippen LogP contribution in [0, 0.1) is 11.3 Å². The highest BCUT2D eigenvalue weighted by atomic mass is 16.2. The van der Waals surface area contributed by atoms with E-state index in [2.05, 4.69) is 6.07 Å². The molecular formula is C14H16N2O. The van der Waals surface area contributed by atoms with Gasteiger partial charge in [-0.05, 0) is 31.0 Å². The first-order valence-corrected chi connectivity index (χ1v) is 6.11. The molecule has 88 valence electrons. The van der Waals surface area contributed by atoms with E-state index in [1.54, 1.807) is 24.3 Å². The molecule has 1 aliphatic heterocycles. The number of hydrogen-bond donors (Lipinski definition) is 0. The molecule has 0 N–H and O–H groups in total. The molecule has 0 radical (unpaired) electrons. The molecule has 2 rings (SSSR count). The molecule has 0 unspecified atom stereocenters. The molecule has 1 fully saturated rings. The second kappa shape index (κ2) is 5.49. The maximum Gasteiger partial charge on any atom is 0.253 e. The van der Waals surface area contributed by atoms with Crippen LogP contribution in [0.4, 0.5) is 0 Å². The summed E-state index contributed by atoms with van der Waals surface area (Å²) in [6.07, 6.45) is 4.59. The average Bonchev–Trinajstić information content (AvgIpc) is 2.67. The Balaban J connectivity index is 2.15. The van der Waals surface area contributed by atoms with Gasteiger partial charge in [0.1, 0.15) is 0 Å². The van der Waals surface area contributed by atoms with Gasteiger partial charge in [-0.1, -0.05) is 18.9 Å². The Labute approximate surface area is 102 Å². The zero-order chi connectivity index (χ0) is 12.1. The van der Waals surface area contributed by atoms with Gasteiger partial charge in [0.2, 0.25) is 0 Å². The Morgan fingerprint density at radius 3 is 2.53 bits per heavy atom. The number of hydrogen-bond acceptors (Lipinski definition) is 2. The van der Waals surface area contributed by atoms with Gasteiger partial charge < -0.3 is 4.90 Å². The van der Waals surface area contributed by atoms with Crippen LogP contribution in [0.25, 0.3) is 0 Å². The van der Waals surface area contributed by atoms with Crippen molar-refractivity contribution in [2.24, 2.45) is 0 Å². The zero-order valence-corrected chi connectivity index (χ0v) is 9.85. The van der Waals surface area contributed by atoms with Crippen LogP contribution in [0.2, 0.25) is 0 Å². The second-order valence-corrected chi connectivity index (χ2v) is 4.40. The van der Waals surface area contributed by atoms with E-state index >= 15 is 0 Å². The van der Waals surface area contributed by atoms with E-state index in [9.17, 15) is 4.79 Å². The summed E-state index contributed by atoms with van der Waals surface area (Å²) in [4.78, 5) is 14.1. The predicted molar refractivity (Wildman–Crippen MR) is 65.5 cm³/mol. The van der Waals surface area contributed by atoms with E-state index in [1.807, 2.05) is 4.90 Å². The fraction of sp³-hybridized carbons (Fsp3) is 0.429. The van der Waals surface area contributed by atoms with Gasteiger partial charge in [-0.2, -0.15) is 5.26 Å². The minimum absolute atomic E-state index is 0.0593. The fourth-order valence-electron chi connectivity index (χ4n) is 2.18. The molecule has 0 bridgehead atoms. The maximum absolute atomic E-state index is 12.2. The van der Waals surface area contributed by atoms with E-state index < -0.39 is 0 Å². The van der Waals surface area contributed by atoms with E-state index in [1.165, 1.54) is 12.8 Å². The number of nitriles is 1. The number of rotatable bonds is 1. The maximum atomic E-state index is 12.2. The lowest BCUT2D eigenvalue weighted by Gasteiger charge is -2.20. The lowest BCUT2D eigenvalue weighted by molar-refractivity contribution is 0.0761. The minimum atomic E-state index is 0.0593. The summed E-state index contributed by atoms with van der Waals surface area (Å²) in [5.41, 5.74) is 1.18. The molecule has 0 aliphatic carbocycles. The van der Waals surface area contributed by atoms with E-state index in [0.29, 0.717) is 11.1 Å². The van der Waals surface area contributed by atoms with Crippen LogP contribution in [0.1, 0.15) is 41.6 Å². The highest BCUT2D eigenvalue weighted by Gasteiger charge is 2.17. The first-order valence-electron chi connectivity index (χ1n) is 6.11. The van der Waals surface area contributed by atoms with Crippen molar-refractivity contribution in [3.63, 3.8) is 0 Å². The summed E-state index contributed by atoms with van der Waals surface area (Å²) in [5, 5.41) is 8.82. The Kier molecular flexibility index (Phi) is 3.77. The minimum Gasteiger partial charge on any atom is -0.339 e. The lowest BCUT2D eigenvalue weighted by atomic mass is 10.1. The SMILES string of the molecule is N#Cc1cccc(C(=O)N2CCCCCC2)c1. The third-order valence-corrected chi connectivity index (χ3v) is 3.13. The number of likely N-dealkylation sites (tertiary alicyclic amines) is 1. The van der Waals surface area contributed by atoms with Gasteiger partial charge in [0.05, 0.1) is 11.6 Å². The molecule has 1 aromatic rings. The van der Waals surface area contributed by atoms with Gasteiger partial charge in [-0.3, -0.25) is 4.79 Å². The van der Waals surface area contributed by atoms with Gasteiger partial charge in [0.25, 0.3) is 5.91 Å². The summed E-state index contributed by atoms with van der Waals surface area (Å²) in [5.74, 6) is 0.0593. The molecule has 1 aromatic carbocycles. The molecular weight excluding hydrogens is 212 g/mol. The van der Waals surface area contributed by atoms with E-state index in [0.717, 1.165) is 25.9 Å². The Morgan fingerprint density at radius 2 is 1.88 bits per heavy atom. The Morgan fingerprint density at radius 1 is 1.18 bits per heavy atom. The molecule has 0 spiro atoms. The topological polar surface area (TPSA) is 44.1 Å². The number of carbonyl (C=O) groups excluding carboxylic acids is 1. The first kappa shape index (κ1) is 11.7. The van der Waals surface area contributed by atoms with Crippen LogP contribution in [0.3, 0.4) is 0 Å². The van der Waals surface area contributed by atoms with Crippen molar-refractivity contribution in [3.05, 3.63) is 35.4 Å². The van der Waals surface area contributed by atoms with E-state index in [-0.39, 0.29) is 5.91 Å². The quantitative estimate of drug-likeness (QED) is 0.741. The van der Waals surface area contributed by atoms with E-state index in [4.69, 9.17) is 5.26 Å².